The zero-order valence-electron chi connectivity index (χ0n) is 31.9. The van der Waals surface area contributed by atoms with E-state index in [0.717, 1.165) is 5.57 Å². The summed E-state index contributed by atoms with van der Waals surface area (Å²) < 4.78 is 2.37. The van der Waals surface area contributed by atoms with Gasteiger partial charge in [0, 0.05) is 16.5 Å². The van der Waals surface area contributed by atoms with Crippen molar-refractivity contribution < 1.29 is 0 Å². The monoisotopic (exact) mass is 727 g/mol. The molecule has 9 aromatic rings. The molecule has 0 spiro atoms. The Morgan fingerprint density at radius 3 is 1.91 bits per heavy atom. The highest BCUT2D eigenvalue weighted by Gasteiger charge is 2.45. The standard InChI is InChI=1S/C56H41N/c1-2-3-18-41(42-19-17-20-43(38-42)44-34-36-55-51(39-44)50-28-14-16-30-54(50)57(55)47-25-11-6-12-26-47)33-31-40-32-35-49-48-27-13-15-29-52(48)56(53(49)37-40,45-21-7-4-8-22-45)46-23-9-5-10-24-46/h2-39H,1H3/b3-2+,33-31-,41-18+. The quantitative estimate of drug-likeness (QED) is 0.137. The molecular weight excluding hydrogens is 687 g/mol. The fourth-order valence-electron chi connectivity index (χ4n) is 9.09. The van der Waals surface area contributed by atoms with Crippen molar-refractivity contribution in [2.75, 3.05) is 0 Å². The number of nitrogens with zero attached hydrogens (tertiary/aromatic N) is 1. The molecule has 1 heterocycles. The summed E-state index contributed by atoms with van der Waals surface area (Å²) in [5.74, 6) is 0. The highest BCUT2D eigenvalue weighted by atomic mass is 15.0. The molecule has 8 aromatic carbocycles. The molecule has 1 aromatic heterocycles. The lowest BCUT2D eigenvalue weighted by Crippen LogP contribution is -2.28. The molecule has 1 nitrogen and oxygen atoms in total. The smallest absolute Gasteiger partial charge is 0.0713 e. The number of hydrogen-bond acceptors (Lipinski definition) is 0. The minimum atomic E-state index is -0.426. The van der Waals surface area contributed by atoms with E-state index in [9.17, 15) is 0 Å². The summed E-state index contributed by atoms with van der Waals surface area (Å²) in [5.41, 5.74) is 16.8. The first kappa shape index (κ1) is 34.3. The van der Waals surface area contributed by atoms with E-state index in [1.54, 1.807) is 0 Å². The summed E-state index contributed by atoms with van der Waals surface area (Å²) in [6.07, 6.45) is 11.0. The van der Waals surface area contributed by atoms with E-state index in [1.807, 2.05) is 0 Å². The van der Waals surface area contributed by atoms with Crippen molar-refractivity contribution >= 4 is 33.5 Å². The van der Waals surface area contributed by atoms with E-state index >= 15 is 0 Å². The molecule has 0 saturated heterocycles. The van der Waals surface area contributed by atoms with E-state index in [2.05, 4.69) is 242 Å². The Labute approximate surface area is 334 Å². The van der Waals surface area contributed by atoms with Crippen LogP contribution in [0.5, 0.6) is 0 Å². The molecule has 0 atom stereocenters. The summed E-state index contributed by atoms with van der Waals surface area (Å²) in [4.78, 5) is 0. The fraction of sp³-hybridized carbons (Fsp3) is 0.0357. The fourth-order valence-corrected chi connectivity index (χ4v) is 9.09. The second kappa shape index (κ2) is 14.5. The number of aromatic nitrogens is 1. The lowest BCUT2D eigenvalue weighted by Gasteiger charge is -2.34. The molecule has 0 unspecified atom stereocenters. The third kappa shape index (κ3) is 5.79. The van der Waals surface area contributed by atoms with Gasteiger partial charge in [0.2, 0.25) is 0 Å². The second-order valence-corrected chi connectivity index (χ2v) is 14.8. The van der Waals surface area contributed by atoms with Crippen molar-refractivity contribution in [2.24, 2.45) is 0 Å². The molecular formula is C56H41N. The van der Waals surface area contributed by atoms with Gasteiger partial charge in [0.25, 0.3) is 0 Å². The molecule has 0 aliphatic heterocycles. The Morgan fingerprint density at radius 2 is 1.14 bits per heavy atom. The average Bonchev–Trinajstić information content (AvgIpc) is 3.77. The maximum absolute atomic E-state index is 2.41. The van der Waals surface area contributed by atoms with Gasteiger partial charge in [-0.2, -0.15) is 0 Å². The largest absolute Gasteiger partial charge is 0.309 e. The second-order valence-electron chi connectivity index (χ2n) is 14.8. The molecule has 1 aliphatic carbocycles. The third-order valence-electron chi connectivity index (χ3n) is 11.6. The summed E-state index contributed by atoms with van der Waals surface area (Å²) in [7, 11) is 0. The van der Waals surface area contributed by atoms with Gasteiger partial charge in [-0.1, -0.05) is 188 Å². The molecule has 0 radical (unpaired) electrons. The average molecular weight is 728 g/mol. The molecule has 0 N–H and O–H groups in total. The van der Waals surface area contributed by atoms with E-state index in [1.165, 1.54) is 83.1 Å². The molecule has 0 amide bonds. The van der Waals surface area contributed by atoms with E-state index in [0.29, 0.717) is 0 Å². The van der Waals surface area contributed by atoms with Crippen LogP contribution in [-0.2, 0) is 5.41 Å². The summed E-state index contributed by atoms with van der Waals surface area (Å²) in [5, 5.41) is 2.51. The van der Waals surface area contributed by atoms with Crippen molar-refractivity contribution in [1.82, 2.24) is 4.57 Å². The first-order valence-corrected chi connectivity index (χ1v) is 19.8. The van der Waals surface area contributed by atoms with Crippen molar-refractivity contribution in [2.45, 2.75) is 12.3 Å². The summed E-state index contributed by atoms with van der Waals surface area (Å²) in [6.45, 7) is 2.07. The molecule has 0 fully saturated rings. The number of hydrogen-bond donors (Lipinski definition) is 0. The van der Waals surface area contributed by atoms with Crippen molar-refractivity contribution in [1.29, 1.82) is 0 Å². The van der Waals surface area contributed by atoms with Gasteiger partial charge in [0.1, 0.15) is 0 Å². The van der Waals surface area contributed by atoms with Crippen LogP contribution in [-0.4, -0.2) is 4.57 Å². The zero-order valence-corrected chi connectivity index (χ0v) is 31.9. The Kier molecular flexibility index (Phi) is 8.69. The van der Waals surface area contributed by atoms with Gasteiger partial charge in [0.05, 0.1) is 16.4 Å². The molecule has 270 valence electrons. The molecule has 10 rings (SSSR count). The maximum Gasteiger partial charge on any atom is 0.0713 e. The highest BCUT2D eigenvalue weighted by Crippen LogP contribution is 2.56. The van der Waals surface area contributed by atoms with Crippen LogP contribution in [0.2, 0.25) is 0 Å². The van der Waals surface area contributed by atoms with Gasteiger partial charge in [-0.3, -0.25) is 0 Å². The van der Waals surface area contributed by atoms with Crippen LogP contribution < -0.4 is 0 Å². The van der Waals surface area contributed by atoms with Crippen LogP contribution in [0.25, 0.3) is 61.4 Å². The van der Waals surface area contributed by atoms with Crippen LogP contribution >= 0.6 is 0 Å². The SMILES string of the molecule is C/C=C/C=C(\C=C/c1ccc2c(c1)C(c1ccccc1)(c1ccccc1)c1ccccc1-2)c1cccc(-c2ccc3c(c2)c2ccccc2n3-c2ccccc2)c1. The Morgan fingerprint density at radius 1 is 0.491 bits per heavy atom. The number of benzene rings is 8. The van der Waals surface area contributed by atoms with Gasteiger partial charge >= 0.3 is 0 Å². The third-order valence-corrected chi connectivity index (χ3v) is 11.6. The molecule has 0 bridgehead atoms. The first-order chi connectivity index (χ1) is 28.2. The van der Waals surface area contributed by atoms with Gasteiger partial charge in [-0.05, 0) is 111 Å². The first-order valence-electron chi connectivity index (χ1n) is 19.8. The summed E-state index contributed by atoms with van der Waals surface area (Å²) >= 11 is 0. The van der Waals surface area contributed by atoms with Crippen LogP contribution in [0.15, 0.2) is 224 Å². The zero-order chi connectivity index (χ0) is 38.2. The number of allylic oxidation sites excluding steroid dienone is 5. The lowest BCUT2D eigenvalue weighted by atomic mass is 9.67. The maximum atomic E-state index is 2.41. The van der Waals surface area contributed by atoms with Crippen molar-refractivity contribution in [3.05, 3.63) is 258 Å². The number of rotatable bonds is 8. The van der Waals surface area contributed by atoms with E-state index < -0.39 is 5.41 Å². The minimum Gasteiger partial charge on any atom is -0.309 e. The molecule has 57 heavy (non-hydrogen) atoms. The van der Waals surface area contributed by atoms with Gasteiger partial charge in [0.15, 0.2) is 0 Å². The normalized spacial score (nSPS) is 13.5. The summed E-state index contributed by atoms with van der Waals surface area (Å²) in [6, 6.07) is 73.2. The Bertz CT molecular complexity index is 2960. The highest BCUT2D eigenvalue weighted by molar-refractivity contribution is 6.10. The van der Waals surface area contributed by atoms with Crippen LogP contribution in [0, 0.1) is 0 Å². The van der Waals surface area contributed by atoms with Gasteiger partial charge < -0.3 is 4.57 Å². The van der Waals surface area contributed by atoms with Crippen LogP contribution in [0.3, 0.4) is 0 Å². The Hall–Kier alpha value is -7.22. The van der Waals surface area contributed by atoms with Crippen molar-refractivity contribution in [3.63, 3.8) is 0 Å². The number of fused-ring (bicyclic) bond motifs is 6. The predicted molar refractivity (Wildman–Crippen MR) is 242 cm³/mol. The number of para-hydroxylation sites is 2. The Balaban J connectivity index is 1.05. The molecule has 0 saturated carbocycles. The molecule has 1 heteroatoms. The van der Waals surface area contributed by atoms with Crippen molar-refractivity contribution in [3.8, 4) is 27.9 Å². The van der Waals surface area contributed by atoms with Crippen LogP contribution in [0.1, 0.15) is 40.3 Å². The van der Waals surface area contributed by atoms with Crippen LogP contribution in [0.4, 0.5) is 0 Å². The van der Waals surface area contributed by atoms with E-state index in [4.69, 9.17) is 0 Å². The molecule has 1 aliphatic rings. The van der Waals surface area contributed by atoms with E-state index in [-0.39, 0.29) is 0 Å². The van der Waals surface area contributed by atoms with Gasteiger partial charge in [-0.25, -0.2) is 0 Å². The lowest BCUT2D eigenvalue weighted by molar-refractivity contribution is 0.768. The minimum absolute atomic E-state index is 0.426. The predicted octanol–water partition coefficient (Wildman–Crippen LogP) is 14.5. The topological polar surface area (TPSA) is 4.93 Å². The van der Waals surface area contributed by atoms with Gasteiger partial charge in [-0.15, -0.1) is 0 Å².